The third-order valence-corrected chi connectivity index (χ3v) is 6.33. The SMILES string of the molecule is O=c1c(-c2ccccc2)c(O)c2ccccc2n1Cc1ccc(-c2ccccc2-c2nn[nH]n2)cc1. The lowest BCUT2D eigenvalue weighted by molar-refractivity contribution is 0.481. The Morgan fingerprint density at radius 2 is 1.44 bits per heavy atom. The Morgan fingerprint density at radius 3 is 2.19 bits per heavy atom. The maximum atomic E-state index is 13.7. The molecule has 0 spiro atoms. The van der Waals surface area contributed by atoms with Gasteiger partial charge in [0.1, 0.15) is 5.75 Å². The minimum atomic E-state index is -0.232. The van der Waals surface area contributed by atoms with Crippen LogP contribution in [0, 0.1) is 0 Å². The summed E-state index contributed by atoms with van der Waals surface area (Å²) in [6.45, 7) is 0.367. The number of aromatic amines is 1. The summed E-state index contributed by atoms with van der Waals surface area (Å²) in [5.41, 5.74) is 5.29. The quantitative estimate of drug-likeness (QED) is 0.357. The summed E-state index contributed by atoms with van der Waals surface area (Å²) < 4.78 is 1.72. The molecule has 0 aliphatic heterocycles. The highest BCUT2D eigenvalue weighted by Gasteiger charge is 2.18. The van der Waals surface area contributed by atoms with Crippen molar-refractivity contribution in [1.82, 2.24) is 25.2 Å². The lowest BCUT2D eigenvalue weighted by atomic mass is 9.98. The summed E-state index contributed by atoms with van der Waals surface area (Å²) in [6.07, 6.45) is 0. The number of rotatable bonds is 5. The first-order valence-electron chi connectivity index (χ1n) is 11.5. The van der Waals surface area contributed by atoms with Gasteiger partial charge in [-0.1, -0.05) is 91.0 Å². The van der Waals surface area contributed by atoms with Gasteiger partial charge in [-0.15, -0.1) is 10.2 Å². The van der Waals surface area contributed by atoms with E-state index in [0.717, 1.165) is 22.3 Å². The van der Waals surface area contributed by atoms with Crippen LogP contribution < -0.4 is 5.56 Å². The van der Waals surface area contributed by atoms with Crippen LogP contribution in [-0.4, -0.2) is 30.3 Å². The first kappa shape index (κ1) is 21.5. The summed E-state index contributed by atoms with van der Waals surface area (Å²) >= 11 is 0. The number of hydrogen-bond donors (Lipinski definition) is 2. The lowest BCUT2D eigenvalue weighted by Gasteiger charge is -2.16. The second-order valence-corrected chi connectivity index (χ2v) is 8.48. The molecule has 6 rings (SSSR count). The first-order valence-corrected chi connectivity index (χ1v) is 11.5. The van der Waals surface area contributed by atoms with E-state index in [4.69, 9.17) is 0 Å². The van der Waals surface area contributed by atoms with E-state index >= 15 is 0 Å². The third-order valence-electron chi connectivity index (χ3n) is 6.33. The second-order valence-electron chi connectivity index (χ2n) is 8.48. The van der Waals surface area contributed by atoms with E-state index in [1.165, 1.54) is 0 Å². The number of nitrogens with one attached hydrogen (secondary N) is 1. The zero-order valence-corrected chi connectivity index (χ0v) is 19.2. The molecule has 0 atom stereocenters. The van der Waals surface area contributed by atoms with E-state index in [-0.39, 0.29) is 11.3 Å². The maximum Gasteiger partial charge on any atom is 0.263 e. The van der Waals surface area contributed by atoms with Gasteiger partial charge in [-0.25, -0.2) is 0 Å². The molecular formula is C29H21N5O2. The number of fused-ring (bicyclic) bond motifs is 1. The van der Waals surface area contributed by atoms with Crippen LogP contribution in [0.2, 0.25) is 0 Å². The molecule has 0 fully saturated rings. The Labute approximate surface area is 206 Å². The zero-order valence-electron chi connectivity index (χ0n) is 19.2. The first-order chi connectivity index (χ1) is 17.7. The number of aromatic nitrogens is 5. The molecule has 0 saturated carbocycles. The van der Waals surface area contributed by atoms with Gasteiger partial charge in [0.15, 0.2) is 0 Å². The molecule has 0 aliphatic rings. The van der Waals surface area contributed by atoms with Gasteiger partial charge in [0, 0.05) is 10.9 Å². The molecule has 0 aliphatic carbocycles. The Balaban J connectivity index is 1.42. The molecule has 4 aromatic carbocycles. The maximum absolute atomic E-state index is 13.7. The molecule has 0 saturated heterocycles. The Kier molecular flexibility index (Phi) is 5.35. The van der Waals surface area contributed by atoms with Gasteiger partial charge < -0.3 is 9.67 Å². The zero-order chi connectivity index (χ0) is 24.5. The van der Waals surface area contributed by atoms with Gasteiger partial charge in [0.2, 0.25) is 5.82 Å². The topological polar surface area (TPSA) is 96.7 Å². The van der Waals surface area contributed by atoms with Crippen molar-refractivity contribution < 1.29 is 5.11 Å². The largest absolute Gasteiger partial charge is 0.506 e. The van der Waals surface area contributed by atoms with Gasteiger partial charge >= 0.3 is 0 Å². The lowest BCUT2D eigenvalue weighted by Crippen LogP contribution is -2.23. The number of hydrogen-bond acceptors (Lipinski definition) is 5. The Morgan fingerprint density at radius 1 is 0.750 bits per heavy atom. The predicted molar refractivity (Wildman–Crippen MR) is 139 cm³/mol. The van der Waals surface area contributed by atoms with Crippen LogP contribution in [0.5, 0.6) is 5.75 Å². The molecule has 0 amide bonds. The van der Waals surface area contributed by atoms with Crippen molar-refractivity contribution in [3.05, 3.63) is 119 Å². The molecule has 7 nitrogen and oxygen atoms in total. The van der Waals surface area contributed by atoms with Crippen LogP contribution in [0.3, 0.4) is 0 Å². The van der Waals surface area contributed by atoms with E-state index in [9.17, 15) is 9.90 Å². The van der Waals surface area contributed by atoms with Crippen LogP contribution in [-0.2, 0) is 6.54 Å². The van der Waals surface area contributed by atoms with Crippen LogP contribution in [0.4, 0.5) is 0 Å². The van der Waals surface area contributed by atoms with Crippen molar-refractivity contribution in [3.8, 4) is 39.4 Å². The number of nitrogens with zero attached hydrogens (tertiary/aromatic N) is 4. The van der Waals surface area contributed by atoms with Crippen molar-refractivity contribution in [2.24, 2.45) is 0 Å². The summed E-state index contributed by atoms with van der Waals surface area (Å²) in [6, 6.07) is 32.7. The number of aromatic hydroxyl groups is 1. The number of para-hydroxylation sites is 1. The summed E-state index contributed by atoms with van der Waals surface area (Å²) in [4.78, 5) is 13.7. The number of H-pyrrole nitrogens is 1. The van der Waals surface area contributed by atoms with Crippen molar-refractivity contribution in [2.75, 3.05) is 0 Å². The molecule has 2 aromatic heterocycles. The molecule has 0 radical (unpaired) electrons. The van der Waals surface area contributed by atoms with Crippen LogP contribution >= 0.6 is 0 Å². The van der Waals surface area contributed by atoms with Gasteiger partial charge in [-0.3, -0.25) is 4.79 Å². The van der Waals surface area contributed by atoms with Crippen LogP contribution in [0.25, 0.3) is 44.5 Å². The highest BCUT2D eigenvalue weighted by Crippen LogP contribution is 2.33. The van der Waals surface area contributed by atoms with Gasteiger partial charge in [-0.05, 0) is 39.6 Å². The van der Waals surface area contributed by atoms with E-state index in [1.54, 1.807) is 4.57 Å². The van der Waals surface area contributed by atoms with E-state index in [0.29, 0.717) is 34.4 Å². The van der Waals surface area contributed by atoms with Crippen molar-refractivity contribution in [3.63, 3.8) is 0 Å². The highest BCUT2D eigenvalue weighted by molar-refractivity contribution is 5.92. The molecule has 0 unspecified atom stereocenters. The summed E-state index contributed by atoms with van der Waals surface area (Å²) in [5.74, 6) is 0.539. The average Bonchev–Trinajstić information content (AvgIpc) is 3.47. The fourth-order valence-corrected chi connectivity index (χ4v) is 4.59. The molecule has 6 aromatic rings. The number of benzene rings is 4. The Bertz CT molecular complexity index is 1720. The molecule has 7 heteroatoms. The van der Waals surface area contributed by atoms with Gasteiger partial charge in [-0.2, -0.15) is 5.21 Å². The molecule has 2 heterocycles. The van der Waals surface area contributed by atoms with Crippen molar-refractivity contribution in [1.29, 1.82) is 0 Å². The molecule has 2 N–H and O–H groups in total. The van der Waals surface area contributed by atoms with E-state index in [1.807, 2.05) is 103 Å². The summed E-state index contributed by atoms with van der Waals surface area (Å²) in [7, 11) is 0. The smallest absolute Gasteiger partial charge is 0.263 e. The molecular weight excluding hydrogens is 450 g/mol. The fraction of sp³-hybridized carbons (Fsp3) is 0.0345. The summed E-state index contributed by atoms with van der Waals surface area (Å²) in [5, 5.41) is 26.1. The normalized spacial score (nSPS) is 11.1. The Hall–Kier alpha value is -5.04. The number of pyridine rings is 1. The fourth-order valence-electron chi connectivity index (χ4n) is 4.59. The van der Waals surface area contributed by atoms with Crippen molar-refractivity contribution >= 4 is 10.9 Å². The van der Waals surface area contributed by atoms with E-state index in [2.05, 4.69) is 20.6 Å². The van der Waals surface area contributed by atoms with Crippen LogP contribution in [0.15, 0.2) is 108 Å². The van der Waals surface area contributed by atoms with Gasteiger partial charge in [0.05, 0.1) is 17.6 Å². The molecule has 174 valence electrons. The van der Waals surface area contributed by atoms with Crippen molar-refractivity contribution in [2.45, 2.75) is 6.54 Å². The average molecular weight is 472 g/mol. The standard InChI is InChI=1S/C29H21N5O2/c35-27-24-12-6-7-13-25(24)34(29(36)26(27)21-8-2-1-3-9-21)18-19-14-16-20(17-15-19)22-10-4-5-11-23(22)28-30-32-33-31-28/h1-17,35H,18H2,(H,30,31,32,33). The molecule has 36 heavy (non-hydrogen) atoms. The highest BCUT2D eigenvalue weighted by atomic mass is 16.3. The number of tetrazole rings is 1. The minimum Gasteiger partial charge on any atom is -0.506 e. The van der Waals surface area contributed by atoms with Crippen LogP contribution in [0.1, 0.15) is 5.56 Å². The predicted octanol–water partition coefficient (Wildman–Crippen LogP) is 5.27. The van der Waals surface area contributed by atoms with E-state index < -0.39 is 0 Å². The minimum absolute atomic E-state index is 0.00599. The second kappa shape index (κ2) is 8.96. The monoisotopic (exact) mass is 471 g/mol. The molecule has 0 bridgehead atoms. The van der Waals surface area contributed by atoms with Gasteiger partial charge in [0.25, 0.3) is 5.56 Å². The third kappa shape index (κ3) is 3.73.